The zero-order valence-electron chi connectivity index (χ0n) is 10.7. The molecule has 0 spiro atoms. The number of halogens is 1. The van der Waals surface area contributed by atoms with Gasteiger partial charge in [-0.05, 0) is 12.5 Å². The van der Waals surface area contributed by atoms with E-state index in [4.69, 9.17) is 10.5 Å². The Morgan fingerprint density at radius 1 is 1.55 bits per heavy atom. The lowest BCUT2D eigenvalue weighted by Gasteiger charge is -2.15. The molecule has 0 aliphatic carbocycles. The molecule has 8 heteroatoms. The maximum absolute atomic E-state index is 11.8. The predicted octanol–water partition coefficient (Wildman–Crippen LogP) is 0.955. The van der Waals surface area contributed by atoms with Gasteiger partial charge in [-0.3, -0.25) is 14.9 Å². The number of nitro benzene ring substituents is 1. The number of rotatable bonds is 4. The van der Waals surface area contributed by atoms with Crippen molar-refractivity contribution < 1.29 is 14.5 Å². The number of benzene rings is 1. The van der Waals surface area contributed by atoms with Gasteiger partial charge in [0.2, 0.25) is 0 Å². The lowest BCUT2D eigenvalue weighted by atomic mass is 10.3. The Kier molecular flexibility index (Phi) is 5.72. The molecule has 1 aliphatic heterocycles. The van der Waals surface area contributed by atoms with E-state index in [1.807, 2.05) is 0 Å². The molecule has 7 nitrogen and oxygen atoms in total. The SMILES string of the molecule is Cl.N[C@@H]1CCN(C(=O)COc2cccc([N+](=O)[O-])c2)C1. The molecule has 1 saturated heterocycles. The van der Waals surface area contributed by atoms with Gasteiger partial charge >= 0.3 is 0 Å². The average molecular weight is 302 g/mol. The maximum Gasteiger partial charge on any atom is 0.273 e. The van der Waals surface area contributed by atoms with Crippen molar-refractivity contribution >= 4 is 24.0 Å². The van der Waals surface area contributed by atoms with Crippen molar-refractivity contribution in [3.63, 3.8) is 0 Å². The van der Waals surface area contributed by atoms with Gasteiger partial charge in [0.25, 0.3) is 11.6 Å². The van der Waals surface area contributed by atoms with E-state index in [0.717, 1.165) is 6.42 Å². The number of amides is 1. The minimum absolute atomic E-state index is 0. The topological polar surface area (TPSA) is 98.7 Å². The molecule has 0 radical (unpaired) electrons. The van der Waals surface area contributed by atoms with Gasteiger partial charge < -0.3 is 15.4 Å². The van der Waals surface area contributed by atoms with Gasteiger partial charge in [-0.1, -0.05) is 6.07 Å². The standard InChI is InChI=1S/C12H15N3O4.ClH/c13-9-4-5-14(7-9)12(16)8-19-11-3-1-2-10(6-11)15(17)18;/h1-3,6,9H,4-5,7-8,13H2;1H/t9-;/m1./s1. The van der Waals surface area contributed by atoms with Crippen LogP contribution in [0.5, 0.6) is 5.75 Å². The van der Waals surface area contributed by atoms with Gasteiger partial charge in [0.05, 0.1) is 11.0 Å². The molecule has 2 rings (SSSR count). The van der Waals surface area contributed by atoms with Crippen molar-refractivity contribution in [1.29, 1.82) is 0 Å². The Labute approximate surface area is 122 Å². The Morgan fingerprint density at radius 2 is 2.30 bits per heavy atom. The van der Waals surface area contributed by atoms with Gasteiger partial charge in [0.15, 0.2) is 6.61 Å². The normalized spacial score (nSPS) is 17.4. The third-order valence-electron chi connectivity index (χ3n) is 2.97. The molecule has 1 aromatic rings. The first-order valence-corrected chi connectivity index (χ1v) is 5.97. The first-order chi connectivity index (χ1) is 9.06. The quantitative estimate of drug-likeness (QED) is 0.659. The maximum atomic E-state index is 11.8. The average Bonchev–Trinajstić information content (AvgIpc) is 2.83. The van der Waals surface area contributed by atoms with Crippen LogP contribution in [0.4, 0.5) is 5.69 Å². The zero-order valence-corrected chi connectivity index (χ0v) is 11.5. The van der Waals surface area contributed by atoms with Crippen molar-refractivity contribution in [2.75, 3.05) is 19.7 Å². The summed E-state index contributed by atoms with van der Waals surface area (Å²) in [6.45, 7) is 1.04. The van der Waals surface area contributed by atoms with Crippen LogP contribution in [-0.2, 0) is 4.79 Å². The fourth-order valence-corrected chi connectivity index (χ4v) is 1.94. The third-order valence-corrected chi connectivity index (χ3v) is 2.97. The summed E-state index contributed by atoms with van der Waals surface area (Å²) in [6.07, 6.45) is 0.794. The second-order valence-electron chi connectivity index (χ2n) is 4.43. The summed E-state index contributed by atoms with van der Waals surface area (Å²) in [5.74, 6) is 0.158. The summed E-state index contributed by atoms with van der Waals surface area (Å²) in [6, 6.07) is 5.79. The van der Waals surface area contributed by atoms with Gasteiger partial charge in [-0.15, -0.1) is 12.4 Å². The van der Waals surface area contributed by atoms with E-state index in [-0.39, 0.29) is 36.7 Å². The summed E-state index contributed by atoms with van der Waals surface area (Å²) in [5.41, 5.74) is 5.65. The van der Waals surface area contributed by atoms with Crippen molar-refractivity contribution in [1.82, 2.24) is 4.90 Å². The minimum Gasteiger partial charge on any atom is -0.484 e. The highest BCUT2D eigenvalue weighted by molar-refractivity contribution is 5.85. The van der Waals surface area contributed by atoms with Crippen LogP contribution in [-0.4, -0.2) is 41.5 Å². The second-order valence-corrected chi connectivity index (χ2v) is 4.43. The molecule has 110 valence electrons. The van der Waals surface area contributed by atoms with E-state index < -0.39 is 4.92 Å². The number of ether oxygens (including phenoxy) is 1. The van der Waals surface area contributed by atoms with Gasteiger partial charge in [0, 0.05) is 25.2 Å². The molecular weight excluding hydrogens is 286 g/mol. The molecule has 1 aliphatic rings. The molecule has 1 atom stereocenters. The van der Waals surface area contributed by atoms with Crippen LogP contribution in [0.3, 0.4) is 0 Å². The molecular formula is C12H16ClN3O4. The first-order valence-electron chi connectivity index (χ1n) is 5.97. The molecule has 0 unspecified atom stereocenters. The summed E-state index contributed by atoms with van der Waals surface area (Å²) >= 11 is 0. The second kappa shape index (κ2) is 7.06. The van der Waals surface area contributed by atoms with Crippen LogP contribution in [0.15, 0.2) is 24.3 Å². The number of nitrogens with two attached hydrogens (primary N) is 1. The summed E-state index contributed by atoms with van der Waals surface area (Å²) < 4.78 is 5.27. The van der Waals surface area contributed by atoms with Crippen LogP contribution in [0.25, 0.3) is 0 Å². The molecule has 1 heterocycles. The Bertz CT molecular complexity index is 497. The fourth-order valence-electron chi connectivity index (χ4n) is 1.94. The van der Waals surface area contributed by atoms with E-state index in [1.165, 1.54) is 18.2 Å². The van der Waals surface area contributed by atoms with E-state index in [0.29, 0.717) is 18.8 Å². The van der Waals surface area contributed by atoms with Crippen molar-refractivity contribution in [3.8, 4) is 5.75 Å². The first kappa shape index (κ1) is 16.2. The number of hydrogen-bond acceptors (Lipinski definition) is 5. The van der Waals surface area contributed by atoms with Crippen LogP contribution >= 0.6 is 12.4 Å². The summed E-state index contributed by atoms with van der Waals surface area (Å²) in [4.78, 5) is 23.5. The van der Waals surface area contributed by atoms with E-state index in [1.54, 1.807) is 11.0 Å². The summed E-state index contributed by atoms with van der Waals surface area (Å²) in [5, 5.41) is 10.6. The number of hydrogen-bond donors (Lipinski definition) is 1. The van der Waals surface area contributed by atoms with Crippen molar-refractivity contribution in [3.05, 3.63) is 34.4 Å². The molecule has 1 amide bonds. The van der Waals surface area contributed by atoms with Crippen LogP contribution in [0.2, 0.25) is 0 Å². The molecule has 2 N–H and O–H groups in total. The number of carbonyl (C=O) groups is 1. The minimum atomic E-state index is -0.506. The Morgan fingerprint density at radius 3 is 2.90 bits per heavy atom. The lowest BCUT2D eigenvalue weighted by molar-refractivity contribution is -0.384. The Balaban J connectivity index is 0.00000200. The van der Waals surface area contributed by atoms with Crippen molar-refractivity contribution in [2.24, 2.45) is 5.73 Å². The number of non-ortho nitro benzene ring substituents is 1. The molecule has 0 aromatic heterocycles. The van der Waals surface area contributed by atoms with E-state index >= 15 is 0 Å². The zero-order chi connectivity index (χ0) is 13.8. The van der Waals surface area contributed by atoms with Crippen LogP contribution in [0, 0.1) is 10.1 Å². The molecule has 0 saturated carbocycles. The van der Waals surface area contributed by atoms with Gasteiger partial charge in [-0.25, -0.2) is 0 Å². The fraction of sp³-hybridized carbons (Fsp3) is 0.417. The van der Waals surface area contributed by atoms with Crippen LogP contribution < -0.4 is 10.5 Å². The summed E-state index contributed by atoms with van der Waals surface area (Å²) in [7, 11) is 0. The predicted molar refractivity (Wildman–Crippen MR) is 75.0 cm³/mol. The number of carbonyl (C=O) groups excluding carboxylic acids is 1. The highest BCUT2D eigenvalue weighted by Crippen LogP contribution is 2.19. The highest BCUT2D eigenvalue weighted by atomic mass is 35.5. The van der Waals surface area contributed by atoms with E-state index in [2.05, 4.69) is 0 Å². The van der Waals surface area contributed by atoms with Crippen LogP contribution in [0.1, 0.15) is 6.42 Å². The van der Waals surface area contributed by atoms with Gasteiger partial charge in [-0.2, -0.15) is 0 Å². The van der Waals surface area contributed by atoms with E-state index in [9.17, 15) is 14.9 Å². The largest absolute Gasteiger partial charge is 0.484 e. The smallest absolute Gasteiger partial charge is 0.273 e. The lowest BCUT2D eigenvalue weighted by Crippen LogP contribution is -2.35. The number of likely N-dealkylation sites (tertiary alicyclic amines) is 1. The third kappa shape index (κ3) is 4.07. The molecule has 1 aromatic carbocycles. The Hall–Kier alpha value is -1.86. The molecule has 0 bridgehead atoms. The highest BCUT2D eigenvalue weighted by Gasteiger charge is 2.23. The number of nitro groups is 1. The molecule has 1 fully saturated rings. The van der Waals surface area contributed by atoms with Crippen molar-refractivity contribution in [2.45, 2.75) is 12.5 Å². The molecule has 20 heavy (non-hydrogen) atoms. The monoisotopic (exact) mass is 301 g/mol. The van der Waals surface area contributed by atoms with Gasteiger partial charge in [0.1, 0.15) is 5.75 Å². The number of nitrogens with zero attached hydrogens (tertiary/aromatic N) is 2.